The third-order valence-corrected chi connectivity index (χ3v) is 4.19. The highest BCUT2D eigenvalue weighted by Crippen LogP contribution is 2.39. The predicted molar refractivity (Wildman–Crippen MR) is 74.4 cm³/mol. The minimum absolute atomic E-state index is 0.0382. The summed E-state index contributed by atoms with van der Waals surface area (Å²) in [7, 11) is 0. The van der Waals surface area contributed by atoms with E-state index < -0.39 is 23.6 Å². The number of hydrogen-bond donors (Lipinski definition) is 1. The maximum absolute atomic E-state index is 13.5. The largest absolute Gasteiger partial charge is 0.416 e. The van der Waals surface area contributed by atoms with E-state index in [-0.39, 0.29) is 5.56 Å². The zero-order valence-corrected chi connectivity index (χ0v) is 12.1. The standard InChI is InChI=1S/C16H21F4N/c1-2-21-15(9-11-5-3-4-6-11)13-10-12(17)7-8-14(13)16(18,19)20/h7-8,10-11,15,21H,2-6,9H2,1H3. The quantitative estimate of drug-likeness (QED) is 0.748. The van der Waals surface area contributed by atoms with Crippen molar-refractivity contribution < 1.29 is 17.6 Å². The van der Waals surface area contributed by atoms with Gasteiger partial charge in [-0.05, 0) is 42.6 Å². The van der Waals surface area contributed by atoms with Crippen LogP contribution in [-0.4, -0.2) is 6.54 Å². The van der Waals surface area contributed by atoms with Gasteiger partial charge in [0.1, 0.15) is 5.82 Å². The van der Waals surface area contributed by atoms with Gasteiger partial charge >= 0.3 is 6.18 Å². The van der Waals surface area contributed by atoms with Gasteiger partial charge in [0.15, 0.2) is 0 Å². The Kier molecular flexibility index (Phi) is 5.25. The first-order valence-corrected chi connectivity index (χ1v) is 7.51. The van der Waals surface area contributed by atoms with Crippen molar-refractivity contribution in [2.75, 3.05) is 6.54 Å². The van der Waals surface area contributed by atoms with Gasteiger partial charge in [-0.1, -0.05) is 32.6 Å². The fourth-order valence-electron chi connectivity index (χ4n) is 3.23. The Bertz CT molecular complexity index is 464. The summed E-state index contributed by atoms with van der Waals surface area (Å²) in [5, 5.41) is 3.10. The Labute approximate surface area is 122 Å². The number of benzene rings is 1. The van der Waals surface area contributed by atoms with Crippen LogP contribution in [0.15, 0.2) is 18.2 Å². The second-order valence-corrected chi connectivity index (χ2v) is 5.73. The molecule has 0 spiro atoms. The maximum atomic E-state index is 13.5. The molecule has 1 aliphatic carbocycles. The van der Waals surface area contributed by atoms with Crippen LogP contribution in [0.25, 0.3) is 0 Å². The molecule has 1 saturated carbocycles. The van der Waals surface area contributed by atoms with Gasteiger partial charge in [0, 0.05) is 6.04 Å². The highest BCUT2D eigenvalue weighted by Gasteiger charge is 2.36. The fraction of sp³-hybridized carbons (Fsp3) is 0.625. The van der Waals surface area contributed by atoms with Crippen LogP contribution in [0.3, 0.4) is 0 Å². The first-order chi connectivity index (χ1) is 9.91. The van der Waals surface area contributed by atoms with Crippen molar-refractivity contribution in [1.82, 2.24) is 5.32 Å². The number of nitrogens with one attached hydrogen (secondary N) is 1. The second kappa shape index (κ2) is 6.77. The third-order valence-electron chi connectivity index (χ3n) is 4.19. The molecule has 1 aromatic rings. The lowest BCUT2D eigenvalue weighted by atomic mass is 9.90. The van der Waals surface area contributed by atoms with Crippen LogP contribution in [-0.2, 0) is 6.18 Å². The number of rotatable bonds is 5. The predicted octanol–water partition coefficient (Wildman–Crippen LogP) is 5.08. The Morgan fingerprint density at radius 3 is 2.48 bits per heavy atom. The highest BCUT2D eigenvalue weighted by atomic mass is 19.4. The van der Waals surface area contributed by atoms with Crippen LogP contribution < -0.4 is 5.32 Å². The summed E-state index contributed by atoms with van der Waals surface area (Å²) in [5.41, 5.74) is -0.691. The molecule has 0 aromatic heterocycles. The van der Waals surface area contributed by atoms with Crippen LogP contribution in [0, 0.1) is 11.7 Å². The Balaban J connectivity index is 2.31. The van der Waals surface area contributed by atoms with E-state index in [4.69, 9.17) is 0 Å². The number of alkyl halides is 3. The topological polar surface area (TPSA) is 12.0 Å². The molecule has 0 heterocycles. The van der Waals surface area contributed by atoms with Gasteiger partial charge in [-0.25, -0.2) is 4.39 Å². The first-order valence-electron chi connectivity index (χ1n) is 7.51. The summed E-state index contributed by atoms with van der Waals surface area (Å²) in [6.45, 7) is 2.42. The van der Waals surface area contributed by atoms with E-state index in [0.29, 0.717) is 18.9 Å². The summed E-state index contributed by atoms with van der Waals surface area (Å²) in [4.78, 5) is 0. The van der Waals surface area contributed by atoms with E-state index >= 15 is 0 Å². The van der Waals surface area contributed by atoms with Crippen LogP contribution in [0.4, 0.5) is 17.6 Å². The molecule has 1 atom stereocenters. The Morgan fingerprint density at radius 2 is 1.90 bits per heavy atom. The van der Waals surface area contributed by atoms with Crippen molar-refractivity contribution in [3.8, 4) is 0 Å². The molecular formula is C16H21F4N. The second-order valence-electron chi connectivity index (χ2n) is 5.73. The molecule has 2 rings (SSSR count). The zero-order chi connectivity index (χ0) is 15.5. The van der Waals surface area contributed by atoms with E-state index in [1.54, 1.807) is 0 Å². The summed E-state index contributed by atoms with van der Waals surface area (Å²) in [5.74, 6) is -0.189. The van der Waals surface area contributed by atoms with E-state index in [0.717, 1.165) is 43.9 Å². The normalized spacial score (nSPS) is 18.1. The molecule has 1 aromatic carbocycles. The van der Waals surface area contributed by atoms with Crippen LogP contribution in [0.5, 0.6) is 0 Å². The van der Waals surface area contributed by atoms with E-state index in [1.807, 2.05) is 6.92 Å². The molecule has 1 unspecified atom stereocenters. The molecule has 1 nitrogen and oxygen atoms in total. The molecule has 118 valence electrons. The average molecular weight is 303 g/mol. The van der Waals surface area contributed by atoms with Crippen LogP contribution >= 0.6 is 0 Å². The minimum Gasteiger partial charge on any atom is -0.310 e. The lowest BCUT2D eigenvalue weighted by molar-refractivity contribution is -0.138. The van der Waals surface area contributed by atoms with E-state index in [9.17, 15) is 17.6 Å². The molecular weight excluding hydrogens is 282 g/mol. The van der Waals surface area contributed by atoms with Gasteiger partial charge in [-0.3, -0.25) is 0 Å². The molecule has 1 fully saturated rings. The highest BCUT2D eigenvalue weighted by molar-refractivity contribution is 5.33. The van der Waals surface area contributed by atoms with Gasteiger partial charge in [-0.2, -0.15) is 13.2 Å². The van der Waals surface area contributed by atoms with Gasteiger partial charge in [0.05, 0.1) is 5.56 Å². The SMILES string of the molecule is CCNC(CC1CCCC1)c1cc(F)ccc1C(F)(F)F. The van der Waals surface area contributed by atoms with E-state index in [1.165, 1.54) is 0 Å². The molecule has 0 bridgehead atoms. The molecule has 1 N–H and O–H groups in total. The molecule has 0 amide bonds. The van der Waals surface area contributed by atoms with Crippen molar-refractivity contribution in [2.45, 2.75) is 51.2 Å². The fourth-order valence-corrected chi connectivity index (χ4v) is 3.23. The first kappa shape index (κ1) is 16.3. The third kappa shape index (κ3) is 4.19. The minimum atomic E-state index is -4.45. The lowest BCUT2D eigenvalue weighted by Crippen LogP contribution is -2.26. The number of hydrogen-bond acceptors (Lipinski definition) is 1. The van der Waals surface area contributed by atoms with Crippen molar-refractivity contribution in [2.24, 2.45) is 5.92 Å². The monoisotopic (exact) mass is 303 g/mol. The van der Waals surface area contributed by atoms with Gasteiger partial charge in [0.25, 0.3) is 0 Å². The Morgan fingerprint density at radius 1 is 1.24 bits per heavy atom. The summed E-state index contributed by atoms with van der Waals surface area (Å²) in [6, 6.07) is 2.32. The summed E-state index contributed by atoms with van der Waals surface area (Å²) in [6.07, 6.45) is 0.571. The van der Waals surface area contributed by atoms with Crippen molar-refractivity contribution >= 4 is 0 Å². The molecule has 0 radical (unpaired) electrons. The summed E-state index contributed by atoms with van der Waals surface area (Å²) < 4.78 is 52.9. The van der Waals surface area contributed by atoms with Crippen molar-refractivity contribution in [3.63, 3.8) is 0 Å². The van der Waals surface area contributed by atoms with Crippen molar-refractivity contribution in [3.05, 3.63) is 35.1 Å². The smallest absolute Gasteiger partial charge is 0.310 e. The maximum Gasteiger partial charge on any atom is 0.416 e. The number of halogens is 4. The van der Waals surface area contributed by atoms with Crippen LogP contribution in [0.1, 0.15) is 56.2 Å². The molecule has 5 heteroatoms. The van der Waals surface area contributed by atoms with Gasteiger partial charge in [-0.15, -0.1) is 0 Å². The molecule has 0 aliphatic heterocycles. The van der Waals surface area contributed by atoms with Crippen molar-refractivity contribution in [1.29, 1.82) is 0 Å². The molecule has 0 saturated heterocycles. The molecule has 1 aliphatic rings. The lowest BCUT2D eigenvalue weighted by Gasteiger charge is -2.25. The zero-order valence-electron chi connectivity index (χ0n) is 12.1. The average Bonchev–Trinajstić information content (AvgIpc) is 2.89. The van der Waals surface area contributed by atoms with E-state index in [2.05, 4.69) is 5.32 Å². The van der Waals surface area contributed by atoms with Gasteiger partial charge in [0.2, 0.25) is 0 Å². The van der Waals surface area contributed by atoms with Gasteiger partial charge < -0.3 is 5.32 Å². The Hall–Kier alpha value is -1.10. The molecule has 21 heavy (non-hydrogen) atoms. The van der Waals surface area contributed by atoms with Crippen LogP contribution in [0.2, 0.25) is 0 Å². The summed E-state index contributed by atoms with van der Waals surface area (Å²) >= 11 is 0.